The highest BCUT2D eigenvalue weighted by Gasteiger charge is 2.27. The number of hydrogen-bond donors (Lipinski definition) is 1. The molecule has 4 heteroatoms. The van der Waals surface area contributed by atoms with Crippen molar-refractivity contribution in [3.05, 3.63) is 35.4 Å². The van der Waals surface area contributed by atoms with E-state index in [4.69, 9.17) is 0 Å². The number of aryl methyl sites for hydroxylation is 1. The van der Waals surface area contributed by atoms with E-state index in [9.17, 15) is 9.59 Å². The fraction of sp³-hybridized carbons (Fsp3) is 0.529. The molecule has 0 aromatic heterocycles. The first kappa shape index (κ1) is 17.2. The lowest BCUT2D eigenvalue weighted by molar-refractivity contribution is -0.141. The highest BCUT2D eigenvalue weighted by atomic mass is 16.2. The van der Waals surface area contributed by atoms with Crippen molar-refractivity contribution in [1.82, 2.24) is 10.2 Å². The van der Waals surface area contributed by atoms with E-state index < -0.39 is 6.04 Å². The molecule has 1 aromatic rings. The first-order valence-electron chi connectivity index (χ1n) is 7.66. The monoisotopic (exact) mass is 290 g/mol. The second-order valence-electron chi connectivity index (χ2n) is 5.18. The van der Waals surface area contributed by atoms with Crippen molar-refractivity contribution >= 4 is 11.8 Å². The van der Waals surface area contributed by atoms with Crippen LogP contribution < -0.4 is 5.32 Å². The quantitative estimate of drug-likeness (QED) is 0.839. The van der Waals surface area contributed by atoms with Crippen LogP contribution in [0.3, 0.4) is 0 Å². The number of rotatable bonds is 7. The van der Waals surface area contributed by atoms with Crippen molar-refractivity contribution < 1.29 is 9.59 Å². The fourth-order valence-corrected chi connectivity index (χ4v) is 2.30. The number of hydrogen-bond acceptors (Lipinski definition) is 2. The summed E-state index contributed by atoms with van der Waals surface area (Å²) in [5.41, 5.74) is 2.23. The van der Waals surface area contributed by atoms with E-state index in [-0.39, 0.29) is 11.8 Å². The third-order valence-electron chi connectivity index (χ3n) is 3.51. The molecule has 0 fully saturated rings. The van der Waals surface area contributed by atoms with Gasteiger partial charge in [-0.2, -0.15) is 0 Å². The van der Waals surface area contributed by atoms with Gasteiger partial charge >= 0.3 is 0 Å². The molecule has 0 radical (unpaired) electrons. The van der Waals surface area contributed by atoms with Crippen LogP contribution in [-0.2, 0) is 16.1 Å². The molecule has 0 unspecified atom stereocenters. The maximum atomic E-state index is 12.2. The molecule has 1 aromatic carbocycles. The van der Waals surface area contributed by atoms with Gasteiger partial charge in [0.25, 0.3) is 0 Å². The summed E-state index contributed by atoms with van der Waals surface area (Å²) in [5.74, 6) is -0.0670. The van der Waals surface area contributed by atoms with E-state index in [0.29, 0.717) is 25.9 Å². The van der Waals surface area contributed by atoms with Crippen LogP contribution in [0, 0.1) is 6.92 Å². The summed E-state index contributed by atoms with van der Waals surface area (Å²) in [6, 6.07) is 7.66. The Morgan fingerprint density at radius 2 is 1.76 bits per heavy atom. The van der Waals surface area contributed by atoms with E-state index in [1.54, 1.807) is 4.90 Å². The van der Waals surface area contributed by atoms with Crippen LogP contribution >= 0.6 is 0 Å². The normalized spacial score (nSPS) is 11.8. The molecule has 0 heterocycles. The van der Waals surface area contributed by atoms with Crippen LogP contribution in [0.5, 0.6) is 0 Å². The Morgan fingerprint density at radius 1 is 1.14 bits per heavy atom. The minimum atomic E-state index is -0.404. The molecule has 116 valence electrons. The molecular formula is C17H26N2O2. The van der Waals surface area contributed by atoms with Gasteiger partial charge in [0.15, 0.2) is 0 Å². The molecular weight excluding hydrogens is 264 g/mol. The van der Waals surface area contributed by atoms with Gasteiger partial charge in [0.1, 0.15) is 6.04 Å². The highest BCUT2D eigenvalue weighted by Crippen LogP contribution is 2.14. The van der Waals surface area contributed by atoms with Crippen molar-refractivity contribution in [2.75, 3.05) is 6.54 Å². The number of amides is 2. The average Bonchev–Trinajstić information content (AvgIpc) is 2.48. The zero-order valence-electron chi connectivity index (χ0n) is 13.5. The maximum Gasteiger partial charge on any atom is 0.242 e. The van der Waals surface area contributed by atoms with Crippen LogP contribution in [0.25, 0.3) is 0 Å². The Hall–Kier alpha value is -1.84. The number of carbonyl (C=O) groups excluding carboxylic acids is 2. The Bertz CT molecular complexity index is 468. The number of benzene rings is 1. The van der Waals surface area contributed by atoms with Gasteiger partial charge < -0.3 is 10.2 Å². The van der Waals surface area contributed by atoms with Crippen LogP contribution in [0.2, 0.25) is 0 Å². The van der Waals surface area contributed by atoms with Crippen molar-refractivity contribution in [1.29, 1.82) is 0 Å². The highest BCUT2D eigenvalue weighted by molar-refractivity contribution is 5.87. The molecule has 1 atom stereocenters. The second kappa shape index (κ2) is 8.45. The lowest BCUT2D eigenvalue weighted by Gasteiger charge is -2.30. The molecule has 0 bridgehead atoms. The molecule has 0 aliphatic carbocycles. The maximum absolute atomic E-state index is 12.2. The van der Waals surface area contributed by atoms with Crippen LogP contribution in [-0.4, -0.2) is 29.3 Å². The predicted octanol–water partition coefficient (Wildman–Crippen LogP) is 2.65. The summed E-state index contributed by atoms with van der Waals surface area (Å²) < 4.78 is 0. The van der Waals surface area contributed by atoms with Crippen LogP contribution in [0.4, 0.5) is 0 Å². The topological polar surface area (TPSA) is 49.4 Å². The van der Waals surface area contributed by atoms with E-state index in [0.717, 1.165) is 5.56 Å². The van der Waals surface area contributed by atoms with Gasteiger partial charge in [-0.05, 0) is 25.8 Å². The Morgan fingerprint density at radius 3 is 2.24 bits per heavy atom. The summed E-state index contributed by atoms with van der Waals surface area (Å²) in [5, 5.41) is 2.82. The van der Waals surface area contributed by atoms with Crippen LogP contribution in [0.15, 0.2) is 24.3 Å². The summed E-state index contributed by atoms with van der Waals surface area (Å²) in [4.78, 5) is 26.1. The summed E-state index contributed by atoms with van der Waals surface area (Å²) in [7, 11) is 0. The third kappa shape index (κ3) is 4.88. The third-order valence-corrected chi connectivity index (χ3v) is 3.51. The molecule has 1 rings (SSSR count). The Labute approximate surface area is 127 Å². The molecule has 2 amide bonds. The SMILES string of the molecule is CCNC(=O)[C@H](CC)N(Cc1ccc(C)cc1)C(=O)CC. The van der Waals surface area contributed by atoms with Gasteiger partial charge in [0.2, 0.25) is 11.8 Å². The number of nitrogens with zero attached hydrogens (tertiary/aromatic N) is 1. The zero-order chi connectivity index (χ0) is 15.8. The van der Waals surface area contributed by atoms with E-state index >= 15 is 0 Å². The lowest BCUT2D eigenvalue weighted by atomic mass is 10.1. The summed E-state index contributed by atoms with van der Waals surface area (Å²) in [6.45, 7) is 8.73. The summed E-state index contributed by atoms with van der Waals surface area (Å²) in [6.07, 6.45) is 1.02. The zero-order valence-corrected chi connectivity index (χ0v) is 13.5. The minimum absolute atomic E-state index is 0.00804. The molecule has 0 saturated heterocycles. The molecule has 0 aliphatic heterocycles. The average molecular weight is 290 g/mol. The summed E-state index contributed by atoms with van der Waals surface area (Å²) >= 11 is 0. The van der Waals surface area contributed by atoms with Gasteiger partial charge in [-0.15, -0.1) is 0 Å². The van der Waals surface area contributed by atoms with Gasteiger partial charge in [-0.3, -0.25) is 9.59 Å². The van der Waals surface area contributed by atoms with Gasteiger partial charge in [0.05, 0.1) is 0 Å². The van der Waals surface area contributed by atoms with Crippen molar-refractivity contribution in [3.63, 3.8) is 0 Å². The smallest absolute Gasteiger partial charge is 0.242 e. The molecule has 4 nitrogen and oxygen atoms in total. The number of carbonyl (C=O) groups is 2. The second-order valence-corrected chi connectivity index (χ2v) is 5.18. The standard InChI is InChI=1S/C17H26N2O2/c1-5-15(17(21)18-7-3)19(16(20)6-2)12-14-10-8-13(4)9-11-14/h8-11,15H,5-7,12H2,1-4H3,(H,18,21)/t15-/m0/s1. The van der Waals surface area contributed by atoms with Gasteiger partial charge in [0, 0.05) is 19.5 Å². The fourth-order valence-electron chi connectivity index (χ4n) is 2.30. The molecule has 21 heavy (non-hydrogen) atoms. The number of likely N-dealkylation sites (N-methyl/N-ethyl adjacent to an activating group) is 1. The minimum Gasteiger partial charge on any atom is -0.355 e. The molecule has 0 saturated carbocycles. The molecule has 1 N–H and O–H groups in total. The Kier molecular flexibility index (Phi) is 6.92. The van der Waals surface area contributed by atoms with Crippen LogP contribution in [0.1, 0.15) is 44.7 Å². The van der Waals surface area contributed by atoms with Crippen molar-refractivity contribution in [2.45, 2.75) is 53.1 Å². The van der Waals surface area contributed by atoms with E-state index in [2.05, 4.69) is 5.32 Å². The van der Waals surface area contributed by atoms with E-state index in [1.807, 2.05) is 52.0 Å². The predicted molar refractivity (Wildman–Crippen MR) is 84.8 cm³/mol. The van der Waals surface area contributed by atoms with Gasteiger partial charge in [-0.1, -0.05) is 43.7 Å². The lowest BCUT2D eigenvalue weighted by Crippen LogP contribution is -2.48. The number of nitrogens with one attached hydrogen (secondary N) is 1. The first-order chi connectivity index (χ1) is 10.0. The first-order valence-corrected chi connectivity index (χ1v) is 7.66. The Balaban J connectivity index is 2.95. The molecule has 0 aliphatic rings. The largest absolute Gasteiger partial charge is 0.355 e. The molecule has 0 spiro atoms. The van der Waals surface area contributed by atoms with Crippen molar-refractivity contribution in [2.24, 2.45) is 0 Å². The van der Waals surface area contributed by atoms with E-state index in [1.165, 1.54) is 5.56 Å². The van der Waals surface area contributed by atoms with Gasteiger partial charge in [-0.25, -0.2) is 0 Å². The van der Waals surface area contributed by atoms with Crippen molar-refractivity contribution in [3.8, 4) is 0 Å².